The smallest absolute Gasteiger partial charge is 0.284 e. The van der Waals surface area contributed by atoms with Crippen molar-refractivity contribution in [2.45, 2.75) is 31.2 Å². The van der Waals surface area contributed by atoms with E-state index in [1.807, 2.05) is 0 Å². The van der Waals surface area contributed by atoms with E-state index < -0.39 is 0 Å². The lowest BCUT2D eigenvalue weighted by Gasteiger charge is -2.08. The Morgan fingerprint density at radius 1 is 1.54 bits per heavy atom. The van der Waals surface area contributed by atoms with E-state index in [2.05, 4.69) is 10.2 Å². The number of hydrogen-bond acceptors (Lipinski definition) is 4. The molecule has 0 spiro atoms. The maximum absolute atomic E-state index is 5.87. The first-order valence-corrected chi connectivity index (χ1v) is 4.49. The average Bonchev–Trinajstić information content (AvgIpc) is 2.58. The number of halogens is 1. The summed E-state index contributed by atoms with van der Waals surface area (Å²) in [5, 5.41) is 6.58. The third kappa shape index (κ3) is 2.10. The maximum Gasteiger partial charge on any atom is 0.284 e. The highest BCUT2D eigenvalue weighted by atomic mass is 35.5. The SMILES string of the molecule is Cl.N[C@H]1CCC[C@H]1c1n[nH]c(=S)o1. The Morgan fingerprint density at radius 2 is 2.31 bits per heavy atom. The van der Waals surface area contributed by atoms with Gasteiger partial charge in [0.1, 0.15) is 0 Å². The van der Waals surface area contributed by atoms with E-state index in [0.29, 0.717) is 10.7 Å². The molecule has 1 saturated carbocycles. The summed E-state index contributed by atoms with van der Waals surface area (Å²) in [6.45, 7) is 0. The van der Waals surface area contributed by atoms with Gasteiger partial charge in [-0.05, 0) is 25.1 Å². The molecule has 1 aliphatic carbocycles. The van der Waals surface area contributed by atoms with Crippen molar-refractivity contribution in [3.05, 3.63) is 10.7 Å². The number of nitrogens with one attached hydrogen (secondary N) is 1. The van der Waals surface area contributed by atoms with Gasteiger partial charge >= 0.3 is 0 Å². The van der Waals surface area contributed by atoms with Crippen molar-refractivity contribution < 1.29 is 4.42 Å². The second kappa shape index (κ2) is 4.21. The summed E-state index contributed by atoms with van der Waals surface area (Å²) in [5.41, 5.74) is 5.87. The predicted molar refractivity (Wildman–Crippen MR) is 53.5 cm³/mol. The lowest BCUT2D eigenvalue weighted by molar-refractivity contribution is 0.420. The summed E-state index contributed by atoms with van der Waals surface area (Å²) in [5.74, 6) is 0.933. The molecular formula is C7H12ClN3OS. The van der Waals surface area contributed by atoms with E-state index in [4.69, 9.17) is 22.4 Å². The summed E-state index contributed by atoms with van der Waals surface area (Å²) in [7, 11) is 0. The quantitative estimate of drug-likeness (QED) is 0.709. The van der Waals surface area contributed by atoms with Gasteiger partial charge in [0, 0.05) is 6.04 Å². The summed E-state index contributed by atoms with van der Waals surface area (Å²) in [6, 6.07) is 0.187. The Labute approximate surface area is 87.3 Å². The fourth-order valence-corrected chi connectivity index (χ4v) is 1.83. The van der Waals surface area contributed by atoms with Crippen LogP contribution >= 0.6 is 24.6 Å². The monoisotopic (exact) mass is 221 g/mol. The predicted octanol–water partition coefficient (Wildman–Crippen LogP) is 1.75. The number of aromatic amines is 1. The summed E-state index contributed by atoms with van der Waals surface area (Å²) in [4.78, 5) is 0.337. The maximum atomic E-state index is 5.87. The molecule has 2 atom stereocenters. The van der Waals surface area contributed by atoms with E-state index in [9.17, 15) is 0 Å². The van der Waals surface area contributed by atoms with E-state index in [1.165, 1.54) is 0 Å². The van der Waals surface area contributed by atoms with Crippen LogP contribution in [-0.4, -0.2) is 16.2 Å². The molecule has 0 aromatic carbocycles. The average molecular weight is 222 g/mol. The molecule has 3 N–H and O–H groups in total. The minimum atomic E-state index is 0. The van der Waals surface area contributed by atoms with Gasteiger partial charge < -0.3 is 10.2 Å². The standard InChI is InChI=1S/C7H11N3OS.ClH/c8-5-3-1-2-4(5)6-9-10-7(12)11-6;/h4-5H,1-3,8H2,(H,10,12);1H/t4-,5+;/m1./s1. The van der Waals surface area contributed by atoms with Crippen molar-refractivity contribution in [2.24, 2.45) is 5.73 Å². The molecule has 0 aliphatic heterocycles. The zero-order chi connectivity index (χ0) is 8.55. The molecule has 4 nitrogen and oxygen atoms in total. The van der Waals surface area contributed by atoms with Crippen LogP contribution in [0.2, 0.25) is 0 Å². The van der Waals surface area contributed by atoms with Gasteiger partial charge in [0.2, 0.25) is 5.89 Å². The number of nitrogens with two attached hydrogens (primary N) is 1. The minimum absolute atomic E-state index is 0. The molecule has 1 heterocycles. The first kappa shape index (κ1) is 10.7. The molecule has 0 amide bonds. The third-order valence-electron chi connectivity index (χ3n) is 2.34. The van der Waals surface area contributed by atoms with Gasteiger partial charge in [-0.2, -0.15) is 0 Å². The zero-order valence-corrected chi connectivity index (χ0v) is 8.66. The lowest BCUT2D eigenvalue weighted by atomic mass is 10.1. The van der Waals surface area contributed by atoms with E-state index in [0.717, 1.165) is 19.3 Å². The highest BCUT2D eigenvalue weighted by Gasteiger charge is 2.29. The Hall–Kier alpha value is -0.390. The van der Waals surface area contributed by atoms with Crippen molar-refractivity contribution in [3.63, 3.8) is 0 Å². The highest BCUT2D eigenvalue weighted by Crippen LogP contribution is 2.31. The molecule has 1 fully saturated rings. The lowest BCUT2D eigenvalue weighted by Crippen LogP contribution is -2.22. The van der Waals surface area contributed by atoms with Crippen LogP contribution in [0.4, 0.5) is 0 Å². The summed E-state index contributed by atoms with van der Waals surface area (Å²) in [6.07, 6.45) is 3.27. The number of hydrogen-bond donors (Lipinski definition) is 2. The Morgan fingerprint density at radius 3 is 2.77 bits per heavy atom. The Bertz CT molecular complexity index is 324. The van der Waals surface area contributed by atoms with Crippen LogP contribution in [0.3, 0.4) is 0 Å². The number of aromatic nitrogens is 2. The number of rotatable bonds is 1. The van der Waals surface area contributed by atoms with Crippen LogP contribution in [0.15, 0.2) is 4.42 Å². The van der Waals surface area contributed by atoms with Crippen LogP contribution in [0.5, 0.6) is 0 Å². The van der Waals surface area contributed by atoms with E-state index >= 15 is 0 Å². The molecule has 1 aromatic heterocycles. The second-order valence-electron chi connectivity index (χ2n) is 3.15. The van der Waals surface area contributed by atoms with Crippen molar-refractivity contribution >= 4 is 24.6 Å². The molecule has 74 valence electrons. The molecule has 6 heteroatoms. The summed E-state index contributed by atoms with van der Waals surface area (Å²) >= 11 is 4.78. The van der Waals surface area contributed by atoms with Gasteiger partial charge in [0.15, 0.2) is 0 Å². The van der Waals surface area contributed by atoms with Crippen LogP contribution in [0.25, 0.3) is 0 Å². The van der Waals surface area contributed by atoms with Crippen molar-refractivity contribution in [3.8, 4) is 0 Å². The van der Waals surface area contributed by atoms with Crippen molar-refractivity contribution in [1.29, 1.82) is 0 Å². The van der Waals surface area contributed by atoms with Crippen molar-refractivity contribution in [2.75, 3.05) is 0 Å². The fourth-order valence-electron chi connectivity index (χ4n) is 1.70. The molecule has 13 heavy (non-hydrogen) atoms. The first-order chi connectivity index (χ1) is 5.77. The van der Waals surface area contributed by atoms with E-state index in [1.54, 1.807) is 0 Å². The van der Waals surface area contributed by atoms with Crippen LogP contribution < -0.4 is 5.73 Å². The molecule has 0 saturated heterocycles. The van der Waals surface area contributed by atoms with E-state index in [-0.39, 0.29) is 24.4 Å². The van der Waals surface area contributed by atoms with Gasteiger partial charge in [0.05, 0.1) is 5.92 Å². The second-order valence-corrected chi connectivity index (χ2v) is 3.52. The van der Waals surface area contributed by atoms with Gasteiger partial charge in [-0.25, -0.2) is 5.10 Å². The molecule has 0 unspecified atom stereocenters. The van der Waals surface area contributed by atoms with Crippen molar-refractivity contribution in [1.82, 2.24) is 10.2 Å². The van der Waals surface area contributed by atoms with Gasteiger partial charge in [-0.15, -0.1) is 17.5 Å². The van der Waals surface area contributed by atoms with Gasteiger partial charge in [-0.3, -0.25) is 0 Å². The minimum Gasteiger partial charge on any atom is -0.414 e. The normalized spacial score (nSPS) is 27.2. The van der Waals surface area contributed by atoms with Crippen LogP contribution in [-0.2, 0) is 0 Å². The molecular weight excluding hydrogens is 210 g/mol. The Kier molecular flexibility index (Phi) is 3.47. The first-order valence-electron chi connectivity index (χ1n) is 4.08. The molecule has 2 rings (SSSR count). The van der Waals surface area contributed by atoms with Gasteiger partial charge in [0.25, 0.3) is 4.84 Å². The van der Waals surface area contributed by atoms with Crippen LogP contribution in [0.1, 0.15) is 31.1 Å². The number of nitrogens with zero attached hydrogens (tertiary/aromatic N) is 1. The highest BCUT2D eigenvalue weighted by molar-refractivity contribution is 7.71. The zero-order valence-electron chi connectivity index (χ0n) is 7.03. The van der Waals surface area contributed by atoms with Gasteiger partial charge in [-0.1, -0.05) is 6.42 Å². The molecule has 1 aliphatic rings. The third-order valence-corrected chi connectivity index (χ3v) is 2.52. The number of H-pyrrole nitrogens is 1. The summed E-state index contributed by atoms with van der Waals surface area (Å²) < 4.78 is 5.21. The molecule has 0 radical (unpaired) electrons. The largest absolute Gasteiger partial charge is 0.414 e. The fraction of sp³-hybridized carbons (Fsp3) is 0.714. The van der Waals surface area contributed by atoms with Crippen LogP contribution in [0, 0.1) is 4.84 Å². The molecule has 1 aromatic rings. The topological polar surface area (TPSA) is 67.8 Å². The Balaban J connectivity index is 0.000000845. The molecule has 0 bridgehead atoms.